The lowest BCUT2D eigenvalue weighted by molar-refractivity contribution is -0.142. The van der Waals surface area contributed by atoms with E-state index in [0.717, 1.165) is 0 Å². The van der Waals surface area contributed by atoms with Crippen LogP contribution < -0.4 is 4.72 Å². The van der Waals surface area contributed by atoms with Gasteiger partial charge in [0.2, 0.25) is 10.0 Å². The van der Waals surface area contributed by atoms with Gasteiger partial charge in [0, 0.05) is 4.88 Å². The van der Waals surface area contributed by atoms with Crippen LogP contribution in [0.2, 0.25) is 0 Å². The Morgan fingerprint density at radius 3 is 2.44 bits per heavy atom. The number of hydrogen-bond donors (Lipinski definition) is 1. The average molecular weight is 291 g/mol. The Morgan fingerprint density at radius 1 is 1.44 bits per heavy atom. The molecule has 1 rings (SSSR count). The van der Waals surface area contributed by atoms with E-state index in [0.29, 0.717) is 4.88 Å². The molecule has 0 amide bonds. The molecule has 5 nitrogen and oxygen atoms in total. The van der Waals surface area contributed by atoms with E-state index in [2.05, 4.69) is 9.46 Å². The highest BCUT2D eigenvalue weighted by atomic mass is 32.2. The molecule has 1 aromatic heterocycles. The van der Waals surface area contributed by atoms with Crippen LogP contribution in [0, 0.1) is 0 Å². The van der Waals surface area contributed by atoms with Gasteiger partial charge in [0.15, 0.2) is 6.04 Å². The summed E-state index contributed by atoms with van der Waals surface area (Å²) in [5.74, 6) is -0.620. The number of carbonyl (C=O) groups is 1. The minimum atomic E-state index is -3.62. The van der Waals surface area contributed by atoms with Gasteiger partial charge in [0.1, 0.15) is 0 Å². The summed E-state index contributed by atoms with van der Waals surface area (Å²) >= 11 is 1.30. The highest BCUT2D eigenvalue weighted by Crippen LogP contribution is 2.24. The van der Waals surface area contributed by atoms with Gasteiger partial charge < -0.3 is 4.74 Å². The molecule has 0 saturated heterocycles. The summed E-state index contributed by atoms with van der Waals surface area (Å²) in [6, 6.07) is 2.46. The van der Waals surface area contributed by atoms with Crippen molar-refractivity contribution in [2.24, 2.45) is 0 Å². The fourth-order valence-corrected chi connectivity index (χ4v) is 2.85. The highest BCUT2D eigenvalue weighted by molar-refractivity contribution is 7.90. The molecule has 1 unspecified atom stereocenters. The fraction of sp³-hybridized carbons (Fsp3) is 0.545. The quantitative estimate of drug-likeness (QED) is 0.857. The standard InChI is InChI=1S/C11H17NO4S2/c1-11(2,3)18(14,15)12-9(10(13)16-4)8-6-5-7-17-8/h5-7,9,12H,1-4H3. The number of thiophene rings is 1. The van der Waals surface area contributed by atoms with Crippen LogP contribution in [0.25, 0.3) is 0 Å². The summed E-state index contributed by atoms with van der Waals surface area (Å²) in [5, 5.41) is 1.77. The van der Waals surface area contributed by atoms with Crippen molar-refractivity contribution in [1.82, 2.24) is 4.72 Å². The predicted molar refractivity (Wildman–Crippen MR) is 70.9 cm³/mol. The Kier molecular flexibility index (Phi) is 4.52. The third-order valence-corrected chi connectivity index (χ3v) is 5.44. The predicted octanol–water partition coefficient (Wildman–Crippen LogP) is 1.68. The van der Waals surface area contributed by atoms with E-state index < -0.39 is 26.8 Å². The highest BCUT2D eigenvalue weighted by Gasteiger charge is 2.35. The molecule has 1 heterocycles. The number of methoxy groups -OCH3 is 1. The van der Waals surface area contributed by atoms with Crippen LogP contribution in [-0.2, 0) is 19.6 Å². The van der Waals surface area contributed by atoms with E-state index in [1.165, 1.54) is 18.4 Å². The molecule has 0 saturated carbocycles. The maximum Gasteiger partial charge on any atom is 0.329 e. The third-order valence-electron chi connectivity index (χ3n) is 2.34. The molecule has 1 atom stereocenters. The Balaban J connectivity index is 3.05. The molecular weight excluding hydrogens is 274 g/mol. The van der Waals surface area contributed by atoms with Crippen molar-refractivity contribution in [2.75, 3.05) is 7.11 Å². The van der Waals surface area contributed by atoms with Crippen molar-refractivity contribution in [3.05, 3.63) is 22.4 Å². The number of hydrogen-bond acceptors (Lipinski definition) is 5. The lowest BCUT2D eigenvalue weighted by atomic mass is 10.2. The second kappa shape index (κ2) is 5.38. The first-order valence-electron chi connectivity index (χ1n) is 5.32. The summed E-state index contributed by atoms with van der Waals surface area (Å²) in [6.45, 7) is 4.70. The van der Waals surface area contributed by atoms with Crippen molar-refractivity contribution < 1.29 is 17.9 Å². The van der Waals surface area contributed by atoms with Crippen LogP contribution in [-0.4, -0.2) is 26.2 Å². The van der Waals surface area contributed by atoms with Gasteiger partial charge >= 0.3 is 5.97 Å². The molecule has 0 aliphatic carbocycles. The van der Waals surface area contributed by atoms with Crippen molar-refractivity contribution in [1.29, 1.82) is 0 Å². The number of esters is 1. The molecule has 0 fully saturated rings. The summed E-state index contributed by atoms with van der Waals surface area (Å²) in [5.41, 5.74) is 0. The van der Waals surface area contributed by atoms with Gasteiger partial charge in [-0.2, -0.15) is 4.72 Å². The van der Waals surface area contributed by atoms with E-state index in [-0.39, 0.29) is 0 Å². The second-order valence-electron chi connectivity index (χ2n) is 4.71. The van der Waals surface area contributed by atoms with E-state index in [1.54, 1.807) is 38.3 Å². The van der Waals surface area contributed by atoms with Crippen LogP contribution in [0.15, 0.2) is 17.5 Å². The number of ether oxygens (including phenoxy) is 1. The molecule has 7 heteroatoms. The molecule has 0 spiro atoms. The minimum Gasteiger partial charge on any atom is -0.468 e. The first-order chi connectivity index (χ1) is 8.19. The molecule has 18 heavy (non-hydrogen) atoms. The SMILES string of the molecule is COC(=O)C(NS(=O)(=O)C(C)(C)C)c1cccs1. The van der Waals surface area contributed by atoms with Crippen molar-refractivity contribution in [3.8, 4) is 0 Å². The maximum absolute atomic E-state index is 12.1. The molecule has 102 valence electrons. The monoisotopic (exact) mass is 291 g/mol. The topological polar surface area (TPSA) is 72.5 Å². The van der Waals surface area contributed by atoms with E-state index >= 15 is 0 Å². The smallest absolute Gasteiger partial charge is 0.329 e. The van der Waals surface area contributed by atoms with E-state index in [4.69, 9.17) is 0 Å². The molecule has 0 radical (unpaired) electrons. The molecule has 0 aliphatic heterocycles. The summed E-state index contributed by atoms with van der Waals surface area (Å²) in [7, 11) is -2.39. The van der Waals surface area contributed by atoms with Gasteiger partial charge in [-0.15, -0.1) is 11.3 Å². The van der Waals surface area contributed by atoms with Crippen LogP contribution in [0.5, 0.6) is 0 Å². The van der Waals surface area contributed by atoms with Crippen LogP contribution in [0.1, 0.15) is 31.7 Å². The lowest BCUT2D eigenvalue weighted by Crippen LogP contribution is -2.43. The molecule has 1 N–H and O–H groups in total. The summed E-state index contributed by atoms with van der Waals surface area (Å²) in [4.78, 5) is 12.3. The summed E-state index contributed by atoms with van der Waals surface area (Å²) < 4.78 is 30.2. The molecule has 1 aromatic rings. The van der Waals surface area contributed by atoms with Crippen LogP contribution in [0.3, 0.4) is 0 Å². The van der Waals surface area contributed by atoms with Crippen LogP contribution >= 0.6 is 11.3 Å². The zero-order valence-corrected chi connectivity index (χ0v) is 12.4. The van der Waals surface area contributed by atoms with E-state index in [9.17, 15) is 13.2 Å². The first kappa shape index (κ1) is 15.1. The van der Waals surface area contributed by atoms with Gasteiger partial charge in [-0.1, -0.05) is 6.07 Å². The third kappa shape index (κ3) is 3.30. The number of carbonyl (C=O) groups excluding carboxylic acids is 1. The Labute approximate surface area is 111 Å². The average Bonchev–Trinajstić information content (AvgIpc) is 2.76. The Hall–Kier alpha value is -0.920. The largest absolute Gasteiger partial charge is 0.468 e. The van der Waals surface area contributed by atoms with Gasteiger partial charge in [-0.25, -0.2) is 13.2 Å². The molecular formula is C11H17NO4S2. The van der Waals surface area contributed by atoms with Gasteiger partial charge in [0.25, 0.3) is 0 Å². The van der Waals surface area contributed by atoms with Gasteiger partial charge in [-0.3, -0.25) is 0 Å². The van der Waals surface area contributed by atoms with Gasteiger partial charge in [-0.05, 0) is 32.2 Å². The normalized spacial score (nSPS) is 14.2. The minimum absolute atomic E-state index is 0.606. The number of rotatable bonds is 4. The molecule has 0 bridgehead atoms. The maximum atomic E-state index is 12.1. The zero-order chi connectivity index (χ0) is 14.0. The number of sulfonamides is 1. The van der Waals surface area contributed by atoms with Crippen LogP contribution in [0.4, 0.5) is 0 Å². The zero-order valence-electron chi connectivity index (χ0n) is 10.8. The first-order valence-corrected chi connectivity index (χ1v) is 7.68. The Morgan fingerprint density at radius 2 is 2.06 bits per heavy atom. The fourth-order valence-electron chi connectivity index (χ4n) is 1.13. The molecule has 0 aromatic carbocycles. The van der Waals surface area contributed by atoms with E-state index in [1.807, 2.05) is 0 Å². The Bertz CT molecular complexity index is 500. The summed E-state index contributed by atoms with van der Waals surface area (Å²) in [6.07, 6.45) is 0. The lowest BCUT2D eigenvalue weighted by Gasteiger charge is -2.23. The number of nitrogens with one attached hydrogen (secondary N) is 1. The molecule has 0 aliphatic rings. The van der Waals surface area contributed by atoms with Gasteiger partial charge in [0.05, 0.1) is 11.9 Å². The van der Waals surface area contributed by atoms with Crippen molar-refractivity contribution >= 4 is 27.3 Å². The second-order valence-corrected chi connectivity index (χ2v) is 8.15. The van der Waals surface area contributed by atoms with Crippen molar-refractivity contribution in [2.45, 2.75) is 31.6 Å². The van der Waals surface area contributed by atoms with Crippen molar-refractivity contribution in [3.63, 3.8) is 0 Å².